The molecule has 2 rings (SSSR count). The third-order valence-electron chi connectivity index (χ3n) is 2.98. The minimum atomic E-state index is -3.39. The van der Waals surface area contributed by atoms with Crippen LogP contribution in [0.1, 0.15) is 29.7 Å². The summed E-state index contributed by atoms with van der Waals surface area (Å²) in [6, 6.07) is 2.63. The van der Waals surface area contributed by atoms with Crippen molar-refractivity contribution in [2.45, 2.75) is 30.5 Å². The van der Waals surface area contributed by atoms with Gasteiger partial charge in [0.05, 0.1) is 11.4 Å². The Kier molecular flexibility index (Phi) is 3.45. The minimum absolute atomic E-state index is 0.145. The number of carboxylic acids is 1. The lowest BCUT2D eigenvalue weighted by atomic mass is 10.3. The Labute approximate surface area is 104 Å². The number of carboxylic acid groups (broad SMARTS) is 1. The van der Waals surface area contributed by atoms with E-state index in [0.717, 1.165) is 0 Å². The first kappa shape index (κ1) is 13.1. The van der Waals surface area contributed by atoms with Gasteiger partial charge in [0, 0.05) is 6.61 Å². The second-order valence-corrected chi connectivity index (χ2v) is 6.50. The van der Waals surface area contributed by atoms with E-state index in [1.807, 2.05) is 0 Å². The Morgan fingerprint density at radius 3 is 2.72 bits per heavy atom. The highest BCUT2D eigenvalue weighted by Crippen LogP contribution is 2.24. The molecule has 0 radical (unpaired) electrons. The van der Waals surface area contributed by atoms with Gasteiger partial charge in [-0.1, -0.05) is 0 Å². The van der Waals surface area contributed by atoms with Crippen LogP contribution in [0, 0.1) is 0 Å². The van der Waals surface area contributed by atoms with Crippen LogP contribution >= 0.6 is 0 Å². The van der Waals surface area contributed by atoms with Crippen LogP contribution in [0.2, 0.25) is 0 Å². The average molecular weight is 274 g/mol. The monoisotopic (exact) mass is 274 g/mol. The van der Waals surface area contributed by atoms with Gasteiger partial charge in [0.25, 0.3) is 0 Å². The van der Waals surface area contributed by atoms with Gasteiger partial charge in [0.1, 0.15) is 11.5 Å². The van der Waals surface area contributed by atoms with E-state index in [1.54, 1.807) is 6.92 Å². The number of hydrogen-bond acceptors (Lipinski definition) is 5. The standard InChI is InChI=1S/C11H14O6S/c1-7-10(4-5-16-7)18(14,15)6-8-2-3-9(17-8)11(12)13/h2-3,7,10H,4-6H2,1H3,(H,12,13). The number of sulfone groups is 1. The third kappa shape index (κ3) is 2.56. The number of rotatable bonds is 4. The molecule has 6 nitrogen and oxygen atoms in total. The number of aromatic carboxylic acids is 1. The van der Waals surface area contributed by atoms with Crippen molar-refractivity contribution in [3.05, 3.63) is 23.7 Å². The summed E-state index contributed by atoms with van der Waals surface area (Å²) in [6.07, 6.45) is 0.139. The molecule has 7 heteroatoms. The SMILES string of the molecule is CC1OCCC1S(=O)(=O)Cc1ccc(C(=O)O)o1. The summed E-state index contributed by atoms with van der Waals surface area (Å²) < 4.78 is 34.4. The van der Waals surface area contributed by atoms with Gasteiger partial charge >= 0.3 is 5.97 Å². The van der Waals surface area contributed by atoms with Gasteiger partial charge in [0.15, 0.2) is 9.84 Å². The molecule has 1 N–H and O–H groups in total. The van der Waals surface area contributed by atoms with E-state index in [4.69, 9.17) is 14.3 Å². The van der Waals surface area contributed by atoms with E-state index in [0.29, 0.717) is 13.0 Å². The summed E-state index contributed by atoms with van der Waals surface area (Å²) in [5.41, 5.74) is 0. The summed E-state index contributed by atoms with van der Waals surface area (Å²) >= 11 is 0. The minimum Gasteiger partial charge on any atom is -0.475 e. The van der Waals surface area contributed by atoms with Crippen molar-refractivity contribution >= 4 is 15.8 Å². The third-order valence-corrected chi connectivity index (χ3v) is 5.21. The lowest BCUT2D eigenvalue weighted by Crippen LogP contribution is -2.29. The highest BCUT2D eigenvalue weighted by molar-refractivity contribution is 7.91. The molecule has 1 aliphatic rings. The van der Waals surface area contributed by atoms with Crippen LogP contribution in [0.4, 0.5) is 0 Å². The first-order valence-electron chi connectivity index (χ1n) is 5.55. The molecule has 2 unspecified atom stereocenters. The van der Waals surface area contributed by atoms with Crippen LogP contribution in [0.5, 0.6) is 0 Å². The van der Waals surface area contributed by atoms with Crippen molar-refractivity contribution in [1.82, 2.24) is 0 Å². The average Bonchev–Trinajstić information content (AvgIpc) is 2.86. The summed E-state index contributed by atoms with van der Waals surface area (Å²) in [7, 11) is -3.39. The van der Waals surface area contributed by atoms with Crippen molar-refractivity contribution in [2.24, 2.45) is 0 Å². The van der Waals surface area contributed by atoms with Crippen LogP contribution in [0.15, 0.2) is 16.5 Å². The van der Waals surface area contributed by atoms with Gasteiger partial charge < -0.3 is 14.3 Å². The quantitative estimate of drug-likeness (QED) is 0.882. The Morgan fingerprint density at radius 2 is 2.22 bits per heavy atom. The van der Waals surface area contributed by atoms with Crippen molar-refractivity contribution < 1.29 is 27.5 Å². The van der Waals surface area contributed by atoms with Crippen LogP contribution in [0.3, 0.4) is 0 Å². The van der Waals surface area contributed by atoms with E-state index in [-0.39, 0.29) is 23.4 Å². The lowest BCUT2D eigenvalue weighted by molar-refractivity contribution is 0.0660. The Balaban J connectivity index is 2.14. The van der Waals surface area contributed by atoms with Crippen LogP contribution < -0.4 is 0 Å². The molecule has 100 valence electrons. The van der Waals surface area contributed by atoms with Crippen LogP contribution in [-0.4, -0.2) is 37.5 Å². The molecule has 1 aliphatic heterocycles. The van der Waals surface area contributed by atoms with E-state index >= 15 is 0 Å². The van der Waals surface area contributed by atoms with Gasteiger partial charge in [0.2, 0.25) is 5.76 Å². The molecule has 1 aromatic heterocycles. The summed E-state index contributed by atoms with van der Waals surface area (Å²) in [5, 5.41) is 8.14. The Bertz CT molecular complexity index is 544. The maximum Gasteiger partial charge on any atom is 0.371 e. The second kappa shape index (κ2) is 4.74. The first-order chi connectivity index (χ1) is 8.40. The van der Waals surface area contributed by atoms with Crippen LogP contribution in [0.25, 0.3) is 0 Å². The zero-order chi connectivity index (χ0) is 13.3. The molecular formula is C11H14O6S. The molecule has 0 saturated carbocycles. The number of carbonyl (C=O) groups is 1. The van der Waals surface area contributed by atoms with E-state index in [9.17, 15) is 13.2 Å². The molecule has 2 atom stereocenters. The van der Waals surface area contributed by atoms with Gasteiger partial charge in [-0.2, -0.15) is 0 Å². The highest BCUT2D eigenvalue weighted by Gasteiger charge is 2.36. The molecule has 0 aliphatic carbocycles. The van der Waals surface area contributed by atoms with Crippen molar-refractivity contribution in [3.63, 3.8) is 0 Å². The van der Waals surface area contributed by atoms with Crippen LogP contribution in [-0.2, 0) is 20.3 Å². The molecule has 0 bridgehead atoms. The summed E-state index contributed by atoms with van der Waals surface area (Å²) in [5.74, 6) is -1.61. The molecule has 18 heavy (non-hydrogen) atoms. The summed E-state index contributed by atoms with van der Waals surface area (Å²) in [6.45, 7) is 2.16. The van der Waals surface area contributed by atoms with Crippen molar-refractivity contribution in [1.29, 1.82) is 0 Å². The Morgan fingerprint density at radius 1 is 1.50 bits per heavy atom. The fraction of sp³-hybridized carbons (Fsp3) is 0.545. The van der Waals surface area contributed by atoms with E-state index < -0.39 is 21.1 Å². The normalized spacial score (nSPS) is 24.3. The molecule has 0 amide bonds. The number of ether oxygens (including phenoxy) is 1. The highest BCUT2D eigenvalue weighted by atomic mass is 32.2. The largest absolute Gasteiger partial charge is 0.475 e. The van der Waals surface area contributed by atoms with Gasteiger partial charge in [-0.05, 0) is 25.5 Å². The molecular weight excluding hydrogens is 260 g/mol. The molecule has 0 aromatic carbocycles. The van der Waals surface area contributed by atoms with Gasteiger partial charge in [-0.15, -0.1) is 0 Å². The molecule has 1 saturated heterocycles. The topological polar surface area (TPSA) is 93.8 Å². The smallest absolute Gasteiger partial charge is 0.371 e. The first-order valence-corrected chi connectivity index (χ1v) is 7.27. The maximum absolute atomic E-state index is 12.1. The van der Waals surface area contributed by atoms with E-state index in [1.165, 1.54) is 12.1 Å². The van der Waals surface area contributed by atoms with E-state index in [2.05, 4.69) is 0 Å². The number of hydrogen-bond donors (Lipinski definition) is 1. The number of furan rings is 1. The lowest BCUT2D eigenvalue weighted by Gasteiger charge is -2.13. The predicted molar refractivity (Wildman–Crippen MR) is 62.1 cm³/mol. The van der Waals surface area contributed by atoms with Gasteiger partial charge in [-0.25, -0.2) is 13.2 Å². The zero-order valence-electron chi connectivity index (χ0n) is 9.83. The van der Waals surface area contributed by atoms with Gasteiger partial charge in [-0.3, -0.25) is 0 Å². The van der Waals surface area contributed by atoms with Crippen molar-refractivity contribution in [2.75, 3.05) is 6.61 Å². The fourth-order valence-electron chi connectivity index (χ4n) is 2.06. The second-order valence-electron chi connectivity index (χ2n) is 4.28. The molecule has 1 aromatic rings. The van der Waals surface area contributed by atoms with Crippen molar-refractivity contribution in [3.8, 4) is 0 Å². The maximum atomic E-state index is 12.1. The predicted octanol–water partition coefficient (Wildman–Crippen LogP) is 1.07. The fourth-order valence-corrected chi connectivity index (χ4v) is 3.94. The molecule has 2 heterocycles. The summed E-state index contributed by atoms with van der Waals surface area (Å²) in [4.78, 5) is 10.6. The molecule has 0 spiro atoms. The Hall–Kier alpha value is -1.34. The molecule has 1 fully saturated rings. The zero-order valence-corrected chi connectivity index (χ0v) is 10.6.